The molecule has 0 radical (unpaired) electrons. The van der Waals surface area contributed by atoms with Gasteiger partial charge in [0.2, 0.25) is 5.88 Å². The summed E-state index contributed by atoms with van der Waals surface area (Å²) >= 11 is 0. The van der Waals surface area contributed by atoms with E-state index in [0.29, 0.717) is 11.8 Å². The number of fused-ring (bicyclic) bond motifs is 1. The van der Waals surface area contributed by atoms with Crippen LogP contribution in [0.15, 0.2) is 24.5 Å². The molecule has 0 amide bonds. The Morgan fingerprint density at radius 1 is 1.12 bits per heavy atom. The molecule has 0 atom stereocenters. The SMILES string of the molecule is COc1ccc(CN2CCc3nc(C4CCCCC4)ncc3C2)cn1. The van der Waals surface area contributed by atoms with Crippen molar-refractivity contribution in [2.75, 3.05) is 13.7 Å². The lowest BCUT2D eigenvalue weighted by Gasteiger charge is -2.29. The van der Waals surface area contributed by atoms with Gasteiger partial charge in [0.1, 0.15) is 5.82 Å². The van der Waals surface area contributed by atoms with E-state index in [2.05, 4.69) is 22.1 Å². The van der Waals surface area contributed by atoms with Crippen molar-refractivity contribution in [3.05, 3.63) is 47.2 Å². The van der Waals surface area contributed by atoms with Crippen LogP contribution < -0.4 is 4.74 Å². The van der Waals surface area contributed by atoms with Gasteiger partial charge in [-0.3, -0.25) is 4.90 Å². The quantitative estimate of drug-likeness (QED) is 0.854. The highest BCUT2D eigenvalue weighted by molar-refractivity contribution is 5.23. The topological polar surface area (TPSA) is 51.1 Å². The Kier molecular flexibility index (Phi) is 4.92. The summed E-state index contributed by atoms with van der Waals surface area (Å²) in [7, 11) is 1.64. The average Bonchev–Trinajstić information content (AvgIpc) is 2.69. The van der Waals surface area contributed by atoms with Crippen molar-refractivity contribution in [2.45, 2.75) is 57.5 Å². The van der Waals surface area contributed by atoms with Crippen LogP contribution in [0.1, 0.15) is 60.7 Å². The molecule has 5 nitrogen and oxygen atoms in total. The Labute approximate surface area is 149 Å². The standard InChI is InChI=1S/C20H26N4O/c1-25-19-8-7-15(11-21-19)13-24-10-9-18-17(14-24)12-22-20(23-18)16-5-3-2-4-6-16/h7-8,11-12,16H,2-6,9-10,13-14H2,1H3. The number of hydrogen-bond acceptors (Lipinski definition) is 5. The molecule has 0 unspecified atom stereocenters. The molecule has 5 heteroatoms. The molecule has 0 saturated heterocycles. The van der Waals surface area contributed by atoms with Crippen molar-refractivity contribution in [1.82, 2.24) is 19.9 Å². The van der Waals surface area contributed by atoms with Gasteiger partial charge >= 0.3 is 0 Å². The van der Waals surface area contributed by atoms with Crippen LogP contribution in [-0.2, 0) is 19.5 Å². The van der Waals surface area contributed by atoms with Crippen LogP contribution in [0.2, 0.25) is 0 Å². The molecule has 1 saturated carbocycles. The van der Waals surface area contributed by atoms with E-state index in [4.69, 9.17) is 14.7 Å². The summed E-state index contributed by atoms with van der Waals surface area (Å²) in [5, 5.41) is 0. The van der Waals surface area contributed by atoms with E-state index < -0.39 is 0 Å². The zero-order valence-electron chi connectivity index (χ0n) is 14.9. The van der Waals surface area contributed by atoms with Gasteiger partial charge in [-0.25, -0.2) is 15.0 Å². The van der Waals surface area contributed by atoms with Gasteiger partial charge in [0, 0.05) is 61.7 Å². The van der Waals surface area contributed by atoms with Gasteiger partial charge in [0.15, 0.2) is 0 Å². The number of hydrogen-bond donors (Lipinski definition) is 0. The third-order valence-corrected chi connectivity index (χ3v) is 5.41. The molecule has 4 rings (SSSR count). The minimum absolute atomic E-state index is 0.586. The molecule has 2 aliphatic rings. The van der Waals surface area contributed by atoms with Gasteiger partial charge in [-0.15, -0.1) is 0 Å². The lowest BCUT2D eigenvalue weighted by molar-refractivity contribution is 0.241. The summed E-state index contributed by atoms with van der Waals surface area (Å²) < 4.78 is 5.13. The second kappa shape index (κ2) is 7.48. The van der Waals surface area contributed by atoms with Gasteiger partial charge in [0.05, 0.1) is 7.11 Å². The molecule has 25 heavy (non-hydrogen) atoms. The van der Waals surface area contributed by atoms with Crippen molar-refractivity contribution >= 4 is 0 Å². The Morgan fingerprint density at radius 2 is 2.00 bits per heavy atom. The molecule has 3 heterocycles. The molecule has 0 spiro atoms. The van der Waals surface area contributed by atoms with E-state index in [1.807, 2.05) is 12.3 Å². The molecule has 0 bridgehead atoms. The van der Waals surface area contributed by atoms with Crippen molar-refractivity contribution in [1.29, 1.82) is 0 Å². The second-order valence-corrected chi connectivity index (χ2v) is 7.20. The zero-order chi connectivity index (χ0) is 17.1. The van der Waals surface area contributed by atoms with Gasteiger partial charge in [0.25, 0.3) is 0 Å². The summed E-state index contributed by atoms with van der Waals surface area (Å²) in [5.74, 6) is 2.34. The van der Waals surface area contributed by atoms with Crippen LogP contribution in [0.3, 0.4) is 0 Å². The summed E-state index contributed by atoms with van der Waals surface area (Å²) in [6.45, 7) is 2.87. The van der Waals surface area contributed by atoms with E-state index in [1.165, 1.54) is 48.9 Å². The molecule has 1 fully saturated rings. The van der Waals surface area contributed by atoms with Crippen molar-refractivity contribution < 1.29 is 4.74 Å². The first-order valence-corrected chi connectivity index (χ1v) is 9.38. The van der Waals surface area contributed by atoms with Gasteiger partial charge in [-0.05, 0) is 18.4 Å². The first kappa shape index (κ1) is 16.5. The fourth-order valence-corrected chi connectivity index (χ4v) is 3.97. The van der Waals surface area contributed by atoms with Gasteiger partial charge in [-0.2, -0.15) is 0 Å². The smallest absolute Gasteiger partial charge is 0.212 e. The highest BCUT2D eigenvalue weighted by Crippen LogP contribution is 2.31. The Hall–Kier alpha value is -2.01. The predicted molar refractivity (Wildman–Crippen MR) is 96.5 cm³/mol. The van der Waals surface area contributed by atoms with Crippen LogP contribution in [0.5, 0.6) is 5.88 Å². The van der Waals surface area contributed by atoms with E-state index in [-0.39, 0.29) is 0 Å². The maximum absolute atomic E-state index is 5.13. The third kappa shape index (κ3) is 3.82. The van der Waals surface area contributed by atoms with Gasteiger partial charge in [-0.1, -0.05) is 25.3 Å². The van der Waals surface area contributed by atoms with Crippen LogP contribution >= 0.6 is 0 Å². The Morgan fingerprint density at radius 3 is 2.76 bits per heavy atom. The number of rotatable bonds is 4. The second-order valence-electron chi connectivity index (χ2n) is 7.20. The number of pyridine rings is 1. The number of methoxy groups -OCH3 is 1. The highest BCUT2D eigenvalue weighted by Gasteiger charge is 2.22. The molecule has 1 aliphatic heterocycles. The minimum Gasteiger partial charge on any atom is -0.481 e. The molecule has 132 valence electrons. The Bertz CT molecular complexity index is 710. The first-order valence-electron chi connectivity index (χ1n) is 9.38. The van der Waals surface area contributed by atoms with Crippen molar-refractivity contribution in [2.24, 2.45) is 0 Å². The number of aromatic nitrogens is 3. The molecule has 2 aromatic heterocycles. The summed E-state index contributed by atoms with van der Waals surface area (Å²) in [5.41, 5.74) is 3.76. The molecule has 2 aromatic rings. The number of nitrogens with zero attached hydrogens (tertiary/aromatic N) is 4. The summed E-state index contributed by atoms with van der Waals surface area (Å²) in [4.78, 5) is 16.4. The van der Waals surface area contributed by atoms with Crippen LogP contribution in [0, 0.1) is 0 Å². The summed E-state index contributed by atoms with van der Waals surface area (Å²) in [6.07, 6.45) is 11.5. The lowest BCUT2D eigenvalue weighted by atomic mass is 9.88. The maximum atomic E-state index is 5.13. The normalized spacial score (nSPS) is 18.8. The van der Waals surface area contributed by atoms with Crippen LogP contribution in [-0.4, -0.2) is 33.5 Å². The first-order chi connectivity index (χ1) is 12.3. The molecular weight excluding hydrogens is 312 g/mol. The maximum Gasteiger partial charge on any atom is 0.212 e. The van der Waals surface area contributed by atoms with E-state index in [0.717, 1.165) is 31.9 Å². The monoisotopic (exact) mass is 338 g/mol. The largest absolute Gasteiger partial charge is 0.481 e. The molecule has 0 N–H and O–H groups in total. The van der Waals surface area contributed by atoms with Crippen LogP contribution in [0.25, 0.3) is 0 Å². The molecule has 0 aromatic carbocycles. The molecule has 1 aliphatic carbocycles. The fourth-order valence-electron chi connectivity index (χ4n) is 3.97. The van der Waals surface area contributed by atoms with E-state index in [1.54, 1.807) is 7.11 Å². The van der Waals surface area contributed by atoms with E-state index >= 15 is 0 Å². The highest BCUT2D eigenvalue weighted by atomic mass is 16.5. The van der Waals surface area contributed by atoms with Crippen LogP contribution in [0.4, 0.5) is 0 Å². The summed E-state index contributed by atoms with van der Waals surface area (Å²) in [6, 6.07) is 4.01. The van der Waals surface area contributed by atoms with Gasteiger partial charge < -0.3 is 4.74 Å². The fraction of sp³-hybridized carbons (Fsp3) is 0.550. The lowest BCUT2D eigenvalue weighted by Crippen LogP contribution is -2.31. The number of ether oxygens (including phenoxy) is 1. The van der Waals surface area contributed by atoms with E-state index in [9.17, 15) is 0 Å². The third-order valence-electron chi connectivity index (χ3n) is 5.41. The minimum atomic E-state index is 0.586. The Balaban J connectivity index is 1.42. The van der Waals surface area contributed by atoms with Crippen molar-refractivity contribution in [3.8, 4) is 5.88 Å². The van der Waals surface area contributed by atoms with Crippen molar-refractivity contribution in [3.63, 3.8) is 0 Å². The zero-order valence-corrected chi connectivity index (χ0v) is 14.9. The molecular formula is C20H26N4O. The predicted octanol–water partition coefficient (Wildman–Crippen LogP) is 3.49. The average molecular weight is 338 g/mol.